The van der Waals surface area contributed by atoms with Crippen LogP contribution in [-0.4, -0.2) is 22.1 Å². The summed E-state index contributed by atoms with van der Waals surface area (Å²) in [5.41, 5.74) is 0.292. The van der Waals surface area contributed by atoms with Gasteiger partial charge in [-0.25, -0.2) is 15.0 Å². The predicted octanol–water partition coefficient (Wildman–Crippen LogP) is 3.42. The number of rotatable bonds is 3. The minimum atomic E-state index is -4.46. The van der Waals surface area contributed by atoms with Crippen LogP contribution in [0, 0.1) is 0 Å². The maximum atomic E-state index is 12.5. The van der Waals surface area contributed by atoms with Crippen LogP contribution in [-0.2, 0) is 17.5 Å². The number of hydrogen-bond acceptors (Lipinski definition) is 5. The first-order valence-electron chi connectivity index (χ1n) is 4.96. The minimum absolute atomic E-state index is 0.124. The van der Waals surface area contributed by atoms with Crippen LogP contribution >= 0.6 is 22.9 Å². The van der Waals surface area contributed by atoms with Crippen molar-refractivity contribution in [3.63, 3.8) is 0 Å². The smallest absolute Gasteiger partial charge is 0.377 e. The average molecular weight is 310 g/mol. The normalized spacial score (nSPS) is 11.8. The molecule has 2 aromatic heterocycles. The van der Waals surface area contributed by atoms with Gasteiger partial charge in [0.15, 0.2) is 10.8 Å². The fourth-order valence-corrected chi connectivity index (χ4v) is 2.25. The van der Waals surface area contributed by atoms with Gasteiger partial charge in [-0.2, -0.15) is 13.2 Å². The number of thiazole rings is 1. The molecule has 2 rings (SSSR count). The third kappa shape index (κ3) is 3.40. The van der Waals surface area contributed by atoms with Gasteiger partial charge in [0, 0.05) is 19.4 Å². The van der Waals surface area contributed by atoms with E-state index in [1.165, 1.54) is 13.2 Å². The number of alkyl halides is 3. The summed E-state index contributed by atoms with van der Waals surface area (Å²) in [5.74, 6) is 0.298. The first-order chi connectivity index (χ1) is 8.90. The summed E-state index contributed by atoms with van der Waals surface area (Å²) in [4.78, 5) is 11.6. The molecule has 2 aromatic rings. The molecule has 0 fully saturated rings. The lowest BCUT2D eigenvalue weighted by Crippen LogP contribution is -2.02. The van der Waals surface area contributed by atoms with E-state index in [2.05, 4.69) is 15.0 Å². The molecule has 0 bridgehead atoms. The Kier molecular flexibility index (Phi) is 4.02. The topological polar surface area (TPSA) is 47.9 Å². The molecule has 0 aliphatic rings. The third-order valence-electron chi connectivity index (χ3n) is 2.02. The molecule has 0 amide bonds. The molecule has 0 saturated heterocycles. The molecule has 0 aliphatic carbocycles. The Bertz CT molecular complexity index is 588. The Hall–Kier alpha value is -1.25. The van der Waals surface area contributed by atoms with Crippen LogP contribution in [0.2, 0.25) is 5.15 Å². The van der Waals surface area contributed by atoms with Crippen LogP contribution in [0.5, 0.6) is 0 Å². The fourth-order valence-electron chi connectivity index (χ4n) is 1.31. The summed E-state index contributed by atoms with van der Waals surface area (Å²) in [5, 5.41) is -0.787. The van der Waals surface area contributed by atoms with Gasteiger partial charge in [0.1, 0.15) is 11.8 Å². The fraction of sp³-hybridized carbons (Fsp3) is 0.300. The monoisotopic (exact) mass is 309 g/mol. The van der Waals surface area contributed by atoms with Crippen LogP contribution in [0.3, 0.4) is 0 Å². The highest BCUT2D eigenvalue weighted by Crippen LogP contribution is 2.36. The van der Waals surface area contributed by atoms with E-state index in [1.54, 1.807) is 0 Å². The Morgan fingerprint density at radius 1 is 1.37 bits per heavy atom. The van der Waals surface area contributed by atoms with Crippen LogP contribution in [0.1, 0.15) is 10.8 Å². The summed E-state index contributed by atoms with van der Waals surface area (Å²) >= 11 is 6.29. The zero-order valence-corrected chi connectivity index (χ0v) is 11.1. The highest BCUT2D eigenvalue weighted by Gasteiger charge is 2.34. The molecule has 9 heteroatoms. The number of aromatic nitrogens is 3. The van der Waals surface area contributed by atoms with E-state index in [0.717, 1.165) is 6.20 Å². The summed E-state index contributed by atoms with van der Waals surface area (Å²) < 4.78 is 42.3. The van der Waals surface area contributed by atoms with E-state index in [9.17, 15) is 13.2 Å². The molecule has 0 aliphatic heterocycles. The van der Waals surface area contributed by atoms with Gasteiger partial charge in [-0.15, -0.1) is 11.3 Å². The van der Waals surface area contributed by atoms with Crippen molar-refractivity contribution in [3.8, 4) is 10.6 Å². The lowest BCUT2D eigenvalue weighted by atomic mass is 10.3. The Morgan fingerprint density at radius 3 is 2.68 bits per heavy atom. The van der Waals surface area contributed by atoms with Gasteiger partial charge in [-0.3, -0.25) is 0 Å². The lowest BCUT2D eigenvalue weighted by molar-refractivity contribution is -0.137. The molecule has 0 radical (unpaired) electrons. The van der Waals surface area contributed by atoms with Crippen molar-refractivity contribution < 1.29 is 17.9 Å². The van der Waals surface area contributed by atoms with Crippen molar-refractivity contribution in [3.05, 3.63) is 28.2 Å². The minimum Gasteiger partial charge on any atom is -0.377 e. The van der Waals surface area contributed by atoms with Crippen molar-refractivity contribution in [1.29, 1.82) is 0 Å². The zero-order valence-electron chi connectivity index (χ0n) is 9.53. The molecule has 2 heterocycles. The van der Waals surface area contributed by atoms with Gasteiger partial charge in [-0.1, -0.05) is 11.6 Å². The Morgan fingerprint density at radius 2 is 2.11 bits per heavy atom. The average Bonchev–Trinajstić information content (AvgIpc) is 2.77. The van der Waals surface area contributed by atoms with E-state index >= 15 is 0 Å². The van der Waals surface area contributed by atoms with E-state index < -0.39 is 11.2 Å². The van der Waals surface area contributed by atoms with E-state index in [4.69, 9.17) is 16.3 Å². The highest BCUT2D eigenvalue weighted by atomic mass is 35.5. The van der Waals surface area contributed by atoms with Crippen molar-refractivity contribution in [2.45, 2.75) is 12.8 Å². The number of hydrogen-bond donors (Lipinski definition) is 0. The zero-order chi connectivity index (χ0) is 14.0. The molecule has 102 valence electrons. The third-order valence-corrected chi connectivity index (χ3v) is 3.27. The summed E-state index contributed by atoms with van der Waals surface area (Å²) in [6, 6.07) is 1.38. The van der Waals surface area contributed by atoms with Gasteiger partial charge in [0.2, 0.25) is 0 Å². The maximum absolute atomic E-state index is 12.5. The van der Waals surface area contributed by atoms with Gasteiger partial charge in [0.05, 0.1) is 10.6 Å². The Labute approximate surface area is 115 Å². The van der Waals surface area contributed by atoms with Crippen LogP contribution in [0.15, 0.2) is 12.3 Å². The largest absolute Gasteiger partial charge is 0.443 e. The summed E-state index contributed by atoms with van der Waals surface area (Å²) in [6.07, 6.45) is -3.35. The van der Waals surface area contributed by atoms with Crippen molar-refractivity contribution >= 4 is 22.9 Å². The molecule has 0 spiro atoms. The first-order valence-corrected chi connectivity index (χ1v) is 6.15. The summed E-state index contributed by atoms with van der Waals surface area (Å²) in [7, 11) is 1.46. The van der Waals surface area contributed by atoms with E-state index in [0.29, 0.717) is 22.9 Å². The van der Waals surface area contributed by atoms with Crippen molar-refractivity contribution in [2.24, 2.45) is 0 Å². The maximum Gasteiger partial charge on any atom is 0.443 e. The quantitative estimate of drug-likeness (QED) is 0.815. The molecular formula is C10H7ClF3N3OS. The second-order valence-electron chi connectivity index (χ2n) is 3.45. The van der Waals surface area contributed by atoms with E-state index in [-0.39, 0.29) is 16.6 Å². The molecule has 19 heavy (non-hydrogen) atoms. The molecule has 0 aromatic carbocycles. The molecule has 0 N–H and O–H groups in total. The lowest BCUT2D eigenvalue weighted by Gasteiger charge is -2.02. The second-order valence-corrected chi connectivity index (χ2v) is 4.87. The number of nitrogens with zero attached hydrogens (tertiary/aromatic N) is 3. The van der Waals surface area contributed by atoms with E-state index in [1.807, 2.05) is 0 Å². The van der Waals surface area contributed by atoms with Gasteiger partial charge < -0.3 is 4.74 Å². The van der Waals surface area contributed by atoms with Gasteiger partial charge in [-0.05, 0) is 0 Å². The highest BCUT2D eigenvalue weighted by molar-refractivity contribution is 7.15. The number of methoxy groups -OCH3 is 1. The van der Waals surface area contributed by atoms with Gasteiger partial charge >= 0.3 is 6.18 Å². The molecule has 0 unspecified atom stereocenters. The standard InChI is InChI=1S/C10H7ClF3N3OS/c1-18-4-8-16-5(2-7(11)17-8)6-3-15-9(19-6)10(12,13)14/h2-3H,4H2,1H3. The second kappa shape index (κ2) is 5.40. The van der Waals surface area contributed by atoms with Crippen LogP contribution < -0.4 is 0 Å². The number of halogens is 4. The van der Waals surface area contributed by atoms with Gasteiger partial charge in [0.25, 0.3) is 0 Å². The molecule has 0 saturated carbocycles. The van der Waals surface area contributed by atoms with Crippen molar-refractivity contribution in [1.82, 2.24) is 15.0 Å². The Balaban J connectivity index is 2.38. The van der Waals surface area contributed by atoms with Crippen LogP contribution in [0.4, 0.5) is 13.2 Å². The predicted molar refractivity (Wildman–Crippen MR) is 63.9 cm³/mol. The van der Waals surface area contributed by atoms with Crippen molar-refractivity contribution in [2.75, 3.05) is 7.11 Å². The number of ether oxygens (including phenoxy) is 1. The molecule has 0 atom stereocenters. The molecular weight excluding hydrogens is 303 g/mol. The van der Waals surface area contributed by atoms with Crippen LogP contribution in [0.25, 0.3) is 10.6 Å². The summed E-state index contributed by atoms with van der Waals surface area (Å²) in [6.45, 7) is 0.124. The first kappa shape index (κ1) is 14.2. The molecule has 4 nitrogen and oxygen atoms in total. The SMILES string of the molecule is COCc1nc(Cl)cc(-c2cnc(C(F)(F)F)s2)n1.